The van der Waals surface area contributed by atoms with Crippen molar-refractivity contribution in [3.05, 3.63) is 29.2 Å². The van der Waals surface area contributed by atoms with Crippen molar-refractivity contribution < 1.29 is 4.42 Å². The summed E-state index contributed by atoms with van der Waals surface area (Å²) in [5, 5.41) is 0. The van der Waals surface area contributed by atoms with Crippen molar-refractivity contribution in [3.8, 4) is 0 Å². The first kappa shape index (κ1) is 10.2. The molecular weight excluding hydrogens is 186 g/mol. The van der Waals surface area contributed by atoms with Gasteiger partial charge < -0.3 is 4.42 Å². The highest BCUT2D eigenvalue weighted by molar-refractivity contribution is 5.78. The number of oxazole rings is 1. The number of hydrogen-bond donors (Lipinski definition) is 0. The van der Waals surface area contributed by atoms with Crippen LogP contribution in [-0.2, 0) is 5.41 Å². The monoisotopic (exact) mass is 203 g/mol. The topological polar surface area (TPSA) is 26.0 Å². The van der Waals surface area contributed by atoms with Gasteiger partial charge in [0.05, 0.1) is 0 Å². The van der Waals surface area contributed by atoms with Gasteiger partial charge in [-0.3, -0.25) is 0 Å². The lowest BCUT2D eigenvalue weighted by Gasteiger charge is -2.21. The van der Waals surface area contributed by atoms with Gasteiger partial charge in [-0.25, -0.2) is 4.98 Å². The standard InChI is InChI=1S/C13H17NO/c1-8-10(13(3,4)5)6-7-11-12(8)14-9(2)15-11/h6-7H,1-5H3. The lowest BCUT2D eigenvalue weighted by molar-refractivity contribution is 0.560. The fourth-order valence-electron chi connectivity index (χ4n) is 2.05. The molecule has 0 N–H and O–H groups in total. The van der Waals surface area contributed by atoms with Gasteiger partial charge in [-0.05, 0) is 29.5 Å². The van der Waals surface area contributed by atoms with Crippen LogP contribution in [0, 0.1) is 13.8 Å². The van der Waals surface area contributed by atoms with E-state index in [0.29, 0.717) is 0 Å². The third-order valence-electron chi connectivity index (χ3n) is 2.73. The number of nitrogens with zero attached hydrogens (tertiary/aromatic N) is 1. The Morgan fingerprint density at radius 3 is 2.40 bits per heavy atom. The molecule has 1 aromatic heterocycles. The minimum Gasteiger partial charge on any atom is -0.441 e. The van der Waals surface area contributed by atoms with Crippen LogP contribution in [0.5, 0.6) is 0 Å². The molecule has 1 heterocycles. The van der Waals surface area contributed by atoms with Gasteiger partial charge in [-0.2, -0.15) is 0 Å². The van der Waals surface area contributed by atoms with Gasteiger partial charge in [0, 0.05) is 6.92 Å². The highest BCUT2D eigenvalue weighted by Gasteiger charge is 2.19. The smallest absolute Gasteiger partial charge is 0.192 e. The lowest BCUT2D eigenvalue weighted by Crippen LogP contribution is -2.12. The summed E-state index contributed by atoms with van der Waals surface area (Å²) in [6, 6.07) is 4.16. The molecule has 2 nitrogen and oxygen atoms in total. The SMILES string of the molecule is Cc1nc2c(C)c(C(C)(C)C)ccc2o1. The van der Waals surface area contributed by atoms with Crippen LogP contribution in [-0.4, -0.2) is 4.98 Å². The molecule has 80 valence electrons. The molecular formula is C13H17NO. The quantitative estimate of drug-likeness (QED) is 0.651. The van der Waals surface area contributed by atoms with Gasteiger partial charge in [0.1, 0.15) is 5.52 Å². The first-order valence-corrected chi connectivity index (χ1v) is 5.27. The zero-order valence-corrected chi connectivity index (χ0v) is 10.0. The van der Waals surface area contributed by atoms with Crippen molar-refractivity contribution >= 4 is 11.1 Å². The summed E-state index contributed by atoms with van der Waals surface area (Å²) < 4.78 is 5.51. The summed E-state index contributed by atoms with van der Waals surface area (Å²) in [4.78, 5) is 4.42. The third kappa shape index (κ3) is 1.65. The van der Waals surface area contributed by atoms with Gasteiger partial charge >= 0.3 is 0 Å². The van der Waals surface area contributed by atoms with Crippen LogP contribution >= 0.6 is 0 Å². The van der Waals surface area contributed by atoms with Crippen molar-refractivity contribution in [1.82, 2.24) is 4.98 Å². The van der Waals surface area contributed by atoms with E-state index in [0.717, 1.165) is 17.0 Å². The molecule has 0 amide bonds. The van der Waals surface area contributed by atoms with E-state index in [1.54, 1.807) is 0 Å². The molecule has 15 heavy (non-hydrogen) atoms. The van der Waals surface area contributed by atoms with E-state index >= 15 is 0 Å². The molecule has 0 spiro atoms. The summed E-state index contributed by atoms with van der Waals surface area (Å²) in [6.07, 6.45) is 0. The van der Waals surface area contributed by atoms with Crippen molar-refractivity contribution in [1.29, 1.82) is 0 Å². The second kappa shape index (κ2) is 3.09. The second-order valence-electron chi connectivity index (χ2n) is 5.07. The lowest BCUT2D eigenvalue weighted by atomic mass is 9.84. The van der Waals surface area contributed by atoms with Crippen LogP contribution in [0.4, 0.5) is 0 Å². The second-order valence-corrected chi connectivity index (χ2v) is 5.07. The number of benzene rings is 1. The largest absolute Gasteiger partial charge is 0.441 e. The molecule has 2 rings (SSSR count). The van der Waals surface area contributed by atoms with E-state index in [-0.39, 0.29) is 5.41 Å². The van der Waals surface area contributed by atoms with E-state index in [2.05, 4.69) is 38.7 Å². The Bertz CT molecular complexity index is 503. The zero-order chi connectivity index (χ0) is 11.2. The van der Waals surface area contributed by atoms with E-state index < -0.39 is 0 Å². The number of hydrogen-bond acceptors (Lipinski definition) is 2. The highest BCUT2D eigenvalue weighted by Crippen LogP contribution is 2.30. The van der Waals surface area contributed by atoms with Crippen LogP contribution in [0.3, 0.4) is 0 Å². The zero-order valence-electron chi connectivity index (χ0n) is 10.0. The molecule has 0 unspecified atom stereocenters. The molecule has 2 aromatic rings. The predicted molar refractivity (Wildman–Crippen MR) is 62.2 cm³/mol. The maximum absolute atomic E-state index is 5.51. The maximum atomic E-state index is 5.51. The summed E-state index contributed by atoms with van der Waals surface area (Å²) >= 11 is 0. The average molecular weight is 203 g/mol. The Hall–Kier alpha value is -1.31. The molecule has 0 aliphatic rings. The molecule has 0 aliphatic carbocycles. The van der Waals surface area contributed by atoms with Gasteiger partial charge in [-0.15, -0.1) is 0 Å². The molecule has 0 aliphatic heterocycles. The number of aromatic nitrogens is 1. The molecule has 2 heteroatoms. The van der Waals surface area contributed by atoms with Crippen molar-refractivity contribution in [3.63, 3.8) is 0 Å². The van der Waals surface area contributed by atoms with E-state index in [1.807, 2.05) is 13.0 Å². The number of rotatable bonds is 0. The highest BCUT2D eigenvalue weighted by atomic mass is 16.3. The Labute approximate surface area is 90.3 Å². The normalized spacial score (nSPS) is 12.3. The van der Waals surface area contributed by atoms with E-state index in [4.69, 9.17) is 4.42 Å². The fourth-order valence-corrected chi connectivity index (χ4v) is 2.05. The fraction of sp³-hybridized carbons (Fsp3) is 0.462. The minimum atomic E-state index is 0.158. The Kier molecular flexibility index (Phi) is 2.10. The molecule has 0 saturated heterocycles. The minimum absolute atomic E-state index is 0.158. The van der Waals surface area contributed by atoms with E-state index in [9.17, 15) is 0 Å². The third-order valence-corrected chi connectivity index (χ3v) is 2.73. The summed E-state index contributed by atoms with van der Waals surface area (Å²) in [5.74, 6) is 0.735. The van der Waals surface area contributed by atoms with Gasteiger partial charge in [0.25, 0.3) is 0 Å². The van der Waals surface area contributed by atoms with Crippen LogP contribution in [0.1, 0.15) is 37.8 Å². The Balaban J connectivity index is 2.75. The van der Waals surface area contributed by atoms with Crippen molar-refractivity contribution in [2.45, 2.75) is 40.0 Å². The van der Waals surface area contributed by atoms with Crippen molar-refractivity contribution in [2.24, 2.45) is 0 Å². The maximum Gasteiger partial charge on any atom is 0.192 e. The number of fused-ring (bicyclic) bond motifs is 1. The number of aryl methyl sites for hydroxylation is 2. The van der Waals surface area contributed by atoms with E-state index in [1.165, 1.54) is 11.1 Å². The molecule has 0 bridgehead atoms. The molecule has 0 saturated carbocycles. The van der Waals surface area contributed by atoms with Crippen LogP contribution < -0.4 is 0 Å². The van der Waals surface area contributed by atoms with Crippen LogP contribution in [0.25, 0.3) is 11.1 Å². The molecule has 0 fully saturated rings. The average Bonchev–Trinajstić information content (AvgIpc) is 2.44. The molecule has 0 atom stereocenters. The van der Waals surface area contributed by atoms with Gasteiger partial charge in [-0.1, -0.05) is 26.8 Å². The van der Waals surface area contributed by atoms with Gasteiger partial charge in [0.2, 0.25) is 0 Å². The molecule has 1 aromatic carbocycles. The molecule has 0 radical (unpaired) electrons. The summed E-state index contributed by atoms with van der Waals surface area (Å²) in [5.41, 5.74) is 4.61. The van der Waals surface area contributed by atoms with Crippen molar-refractivity contribution in [2.75, 3.05) is 0 Å². The van der Waals surface area contributed by atoms with Crippen LogP contribution in [0.2, 0.25) is 0 Å². The first-order chi connectivity index (χ1) is 6.89. The Morgan fingerprint density at radius 1 is 1.13 bits per heavy atom. The Morgan fingerprint density at radius 2 is 1.80 bits per heavy atom. The predicted octanol–water partition coefficient (Wildman–Crippen LogP) is 3.74. The van der Waals surface area contributed by atoms with Gasteiger partial charge in [0.15, 0.2) is 11.5 Å². The first-order valence-electron chi connectivity index (χ1n) is 5.27. The summed E-state index contributed by atoms with van der Waals surface area (Å²) in [7, 11) is 0. The van der Waals surface area contributed by atoms with Crippen LogP contribution in [0.15, 0.2) is 16.5 Å². The summed E-state index contributed by atoms with van der Waals surface area (Å²) in [6.45, 7) is 10.7.